The zero-order valence-electron chi connectivity index (χ0n) is 19.0. The van der Waals surface area contributed by atoms with Crippen LogP contribution < -0.4 is 9.47 Å². The van der Waals surface area contributed by atoms with Crippen LogP contribution >= 0.6 is 0 Å². The Hall–Kier alpha value is -3.26. The predicted molar refractivity (Wildman–Crippen MR) is 120 cm³/mol. The number of aliphatic hydroxyl groups is 1. The van der Waals surface area contributed by atoms with Crippen molar-refractivity contribution in [3.63, 3.8) is 0 Å². The molecule has 0 radical (unpaired) electrons. The lowest BCUT2D eigenvalue weighted by molar-refractivity contribution is -0.140. The summed E-state index contributed by atoms with van der Waals surface area (Å²) in [5.74, 6) is -0.335. The van der Waals surface area contributed by atoms with Gasteiger partial charge in [-0.15, -0.1) is 0 Å². The normalized spacial score (nSPS) is 17.9. The van der Waals surface area contributed by atoms with Gasteiger partial charge in [0.2, 0.25) is 0 Å². The average molecular weight is 443 g/mol. The Labute approximate surface area is 188 Å². The molecule has 32 heavy (non-hydrogen) atoms. The number of ether oxygens (including phenoxy) is 2. The molecule has 3 rings (SSSR count). The van der Waals surface area contributed by atoms with Crippen molar-refractivity contribution in [1.29, 1.82) is 0 Å². The van der Waals surface area contributed by atoms with E-state index in [0.29, 0.717) is 49.0 Å². The molecule has 1 unspecified atom stereocenters. The summed E-state index contributed by atoms with van der Waals surface area (Å²) in [4.78, 5) is 29.4. The highest BCUT2D eigenvalue weighted by atomic mass is 16.5. The Morgan fingerprint density at radius 3 is 2.53 bits per heavy atom. The van der Waals surface area contributed by atoms with Crippen LogP contribution in [0.25, 0.3) is 5.76 Å². The number of amides is 1. The van der Waals surface area contributed by atoms with E-state index in [2.05, 4.69) is 0 Å². The Bertz CT molecular complexity index is 980. The second kappa shape index (κ2) is 10.4. The fourth-order valence-corrected chi connectivity index (χ4v) is 3.79. The molecule has 1 atom stereocenters. The average Bonchev–Trinajstić information content (AvgIpc) is 3.36. The molecule has 1 aromatic heterocycles. The molecule has 0 saturated carbocycles. The molecule has 8 heteroatoms. The number of hydrogen-bond donors (Lipinski definition) is 1. The quantitative estimate of drug-likeness (QED) is 0.342. The van der Waals surface area contributed by atoms with Gasteiger partial charge in [-0.05, 0) is 65.2 Å². The van der Waals surface area contributed by atoms with Crippen LogP contribution in [0, 0.1) is 0 Å². The summed E-state index contributed by atoms with van der Waals surface area (Å²) in [5, 5.41) is 11.2. The van der Waals surface area contributed by atoms with Crippen molar-refractivity contribution in [3.05, 3.63) is 53.5 Å². The Kier molecular flexibility index (Phi) is 7.58. The van der Waals surface area contributed by atoms with Gasteiger partial charge in [-0.25, -0.2) is 0 Å². The van der Waals surface area contributed by atoms with Gasteiger partial charge in [-0.3, -0.25) is 9.59 Å². The zero-order chi connectivity index (χ0) is 23.3. The van der Waals surface area contributed by atoms with E-state index in [4.69, 9.17) is 13.9 Å². The smallest absolute Gasteiger partial charge is 0.295 e. The lowest BCUT2D eigenvalue weighted by atomic mass is 9.98. The number of likely N-dealkylation sites (tertiary alicyclic amines) is 1. The van der Waals surface area contributed by atoms with Gasteiger partial charge < -0.3 is 28.8 Å². The fourth-order valence-electron chi connectivity index (χ4n) is 3.79. The maximum atomic E-state index is 13.0. The molecule has 2 heterocycles. The van der Waals surface area contributed by atoms with Gasteiger partial charge in [-0.2, -0.15) is 0 Å². The molecule has 2 aromatic rings. The second-order valence-electron chi connectivity index (χ2n) is 7.69. The van der Waals surface area contributed by atoms with Crippen LogP contribution in [0.1, 0.15) is 37.6 Å². The molecule has 1 aliphatic rings. The second-order valence-corrected chi connectivity index (χ2v) is 7.69. The lowest BCUT2D eigenvalue weighted by Gasteiger charge is -2.24. The first-order valence-electron chi connectivity index (χ1n) is 10.8. The van der Waals surface area contributed by atoms with Crippen molar-refractivity contribution < 1.29 is 28.6 Å². The van der Waals surface area contributed by atoms with E-state index in [1.54, 1.807) is 30.3 Å². The number of benzene rings is 1. The molecule has 1 fully saturated rings. The standard InChI is InChI=1S/C24H30N2O6/c1-5-30-16-10-11-17(19(15-16)31-6-2)22(27)20-21(18-9-7-14-32-18)26(24(29)23(20)28)13-8-12-25(3)4/h7,9-11,14-15,21,27H,5-6,8,12-13H2,1-4H3/b22-20-. The summed E-state index contributed by atoms with van der Waals surface area (Å²) >= 11 is 0. The van der Waals surface area contributed by atoms with E-state index < -0.39 is 17.7 Å². The van der Waals surface area contributed by atoms with Crippen LogP contribution in [-0.4, -0.2) is 67.0 Å². The van der Waals surface area contributed by atoms with Crippen molar-refractivity contribution in [2.24, 2.45) is 0 Å². The number of aliphatic hydroxyl groups excluding tert-OH is 1. The molecule has 0 aliphatic carbocycles. The molecule has 1 amide bonds. The summed E-state index contributed by atoms with van der Waals surface area (Å²) < 4.78 is 16.8. The molecule has 1 aromatic carbocycles. The van der Waals surface area contributed by atoms with Crippen LogP contribution in [0.3, 0.4) is 0 Å². The van der Waals surface area contributed by atoms with E-state index in [1.165, 1.54) is 11.2 Å². The van der Waals surface area contributed by atoms with Gasteiger partial charge in [0.25, 0.3) is 11.7 Å². The van der Waals surface area contributed by atoms with Crippen LogP contribution in [0.4, 0.5) is 0 Å². The van der Waals surface area contributed by atoms with E-state index in [1.807, 2.05) is 32.8 Å². The lowest BCUT2D eigenvalue weighted by Crippen LogP contribution is -2.32. The molecule has 1 saturated heterocycles. The molecule has 0 spiro atoms. The van der Waals surface area contributed by atoms with Crippen molar-refractivity contribution in [2.75, 3.05) is 40.4 Å². The number of ketones is 1. The molecule has 8 nitrogen and oxygen atoms in total. The van der Waals surface area contributed by atoms with Crippen LogP contribution in [0.15, 0.2) is 46.6 Å². The minimum atomic E-state index is -0.812. The highest BCUT2D eigenvalue weighted by molar-refractivity contribution is 6.46. The van der Waals surface area contributed by atoms with Crippen molar-refractivity contribution in [3.8, 4) is 11.5 Å². The van der Waals surface area contributed by atoms with Gasteiger partial charge in [0.15, 0.2) is 0 Å². The number of rotatable bonds is 10. The topological polar surface area (TPSA) is 92.5 Å². The van der Waals surface area contributed by atoms with Crippen LogP contribution in [0.2, 0.25) is 0 Å². The first-order valence-corrected chi connectivity index (χ1v) is 10.8. The van der Waals surface area contributed by atoms with Crippen molar-refractivity contribution in [1.82, 2.24) is 9.80 Å². The maximum absolute atomic E-state index is 13.0. The highest BCUT2D eigenvalue weighted by Gasteiger charge is 2.47. The van der Waals surface area contributed by atoms with E-state index in [0.717, 1.165) is 6.54 Å². The summed E-state index contributed by atoms with van der Waals surface area (Å²) in [6, 6.07) is 7.56. The minimum absolute atomic E-state index is 0.0140. The molecule has 1 N–H and O–H groups in total. The molecule has 1 aliphatic heterocycles. The molecular formula is C24H30N2O6. The molecule has 172 valence electrons. The third kappa shape index (κ3) is 4.80. The first kappa shape index (κ1) is 23.4. The highest BCUT2D eigenvalue weighted by Crippen LogP contribution is 2.41. The minimum Gasteiger partial charge on any atom is -0.507 e. The van der Waals surface area contributed by atoms with Crippen LogP contribution in [-0.2, 0) is 9.59 Å². The van der Waals surface area contributed by atoms with Gasteiger partial charge in [0.05, 0.1) is 30.6 Å². The molecular weight excluding hydrogens is 412 g/mol. The molecule has 0 bridgehead atoms. The Morgan fingerprint density at radius 1 is 1.16 bits per heavy atom. The third-order valence-corrected chi connectivity index (χ3v) is 5.18. The predicted octanol–water partition coefficient (Wildman–Crippen LogP) is 3.45. The number of carbonyl (C=O) groups is 2. The van der Waals surface area contributed by atoms with Crippen molar-refractivity contribution in [2.45, 2.75) is 26.3 Å². The summed E-state index contributed by atoms with van der Waals surface area (Å²) in [7, 11) is 3.89. The Morgan fingerprint density at radius 2 is 1.91 bits per heavy atom. The maximum Gasteiger partial charge on any atom is 0.295 e. The SMILES string of the molecule is CCOc1ccc(/C(O)=C2/C(=O)C(=O)N(CCCN(C)C)C2c2ccco2)c(OCC)c1. The number of furan rings is 1. The summed E-state index contributed by atoms with van der Waals surface area (Å²) in [6.07, 6.45) is 2.16. The van der Waals surface area contributed by atoms with Gasteiger partial charge in [0.1, 0.15) is 29.1 Å². The number of Topliss-reactive ketones (excluding diaryl/α,β-unsaturated/α-hetero) is 1. The van der Waals surface area contributed by atoms with Crippen LogP contribution in [0.5, 0.6) is 11.5 Å². The fraction of sp³-hybridized carbons (Fsp3) is 0.417. The van der Waals surface area contributed by atoms with Crippen molar-refractivity contribution >= 4 is 17.4 Å². The van der Waals surface area contributed by atoms with Gasteiger partial charge in [-0.1, -0.05) is 0 Å². The Balaban J connectivity index is 2.08. The third-order valence-electron chi connectivity index (χ3n) is 5.18. The van der Waals surface area contributed by atoms with E-state index >= 15 is 0 Å². The first-order chi connectivity index (χ1) is 15.4. The monoisotopic (exact) mass is 442 g/mol. The number of hydrogen-bond acceptors (Lipinski definition) is 7. The number of carbonyl (C=O) groups excluding carboxylic acids is 2. The largest absolute Gasteiger partial charge is 0.507 e. The van der Waals surface area contributed by atoms with E-state index in [-0.39, 0.29) is 11.3 Å². The van der Waals surface area contributed by atoms with Gasteiger partial charge >= 0.3 is 0 Å². The number of nitrogens with zero attached hydrogens (tertiary/aromatic N) is 2. The van der Waals surface area contributed by atoms with Gasteiger partial charge in [0, 0.05) is 12.6 Å². The zero-order valence-corrected chi connectivity index (χ0v) is 19.0. The summed E-state index contributed by atoms with van der Waals surface area (Å²) in [5.41, 5.74) is 0.304. The van der Waals surface area contributed by atoms with E-state index in [9.17, 15) is 14.7 Å². The summed E-state index contributed by atoms with van der Waals surface area (Å²) in [6.45, 7) is 5.64.